The molecule has 28 heavy (non-hydrogen) atoms. The number of rotatable bonds is 6. The first-order valence-corrected chi connectivity index (χ1v) is 11.9. The van der Waals surface area contributed by atoms with Crippen molar-refractivity contribution >= 4 is 44.0 Å². The van der Waals surface area contributed by atoms with Crippen LogP contribution in [-0.2, 0) is 10.0 Å². The number of hydrogen-bond donors (Lipinski definition) is 1. The first-order chi connectivity index (χ1) is 13.3. The molecule has 2 aliphatic heterocycles. The van der Waals surface area contributed by atoms with Gasteiger partial charge in [-0.05, 0) is 57.4 Å². The molecule has 3 heterocycles. The van der Waals surface area contributed by atoms with Crippen molar-refractivity contribution in [2.45, 2.75) is 49.1 Å². The number of benzene rings is 1. The molecule has 1 N–H and O–H groups in total. The highest BCUT2D eigenvalue weighted by atomic mass is 35.5. The predicted molar refractivity (Wildman–Crippen MR) is 110 cm³/mol. The molecule has 1 aromatic carbocycles. The van der Waals surface area contributed by atoms with Crippen LogP contribution in [0.3, 0.4) is 0 Å². The number of sulfonamides is 1. The average molecular weight is 445 g/mol. The van der Waals surface area contributed by atoms with Crippen molar-refractivity contribution in [3.05, 3.63) is 35.6 Å². The topological polar surface area (TPSA) is 65.5 Å². The zero-order chi connectivity index (χ0) is 19.9. The molecule has 2 aromatic rings. The van der Waals surface area contributed by atoms with Crippen LogP contribution in [0.1, 0.15) is 32.6 Å². The fraction of sp³-hybridized carbons (Fsp3) is 0.500. The second-order valence-electron chi connectivity index (χ2n) is 7.44. The Labute approximate surface area is 173 Å². The lowest BCUT2D eigenvalue weighted by molar-refractivity contribution is 0.170. The molecule has 0 radical (unpaired) electrons. The number of hydrogen-bond acceptors (Lipinski definition) is 6. The molecule has 2 aliphatic rings. The lowest BCUT2D eigenvalue weighted by Gasteiger charge is -2.34. The molecule has 0 bridgehead atoms. The lowest BCUT2D eigenvalue weighted by Crippen LogP contribution is -2.46. The maximum absolute atomic E-state index is 14.6. The quantitative estimate of drug-likeness (QED) is 0.680. The van der Waals surface area contributed by atoms with Gasteiger partial charge >= 0.3 is 0 Å². The largest absolute Gasteiger partial charge is 0.383 e. The Hall–Kier alpha value is -1.42. The van der Waals surface area contributed by atoms with Crippen LogP contribution in [0.2, 0.25) is 0 Å². The summed E-state index contributed by atoms with van der Waals surface area (Å²) in [5, 5.41) is 4.98. The zero-order valence-corrected chi connectivity index (χ0v) is 17.8. The summed E-state index contributed by atoms with van der Waals surface area (Å²) in [5.74, 6) is -0.840. The number of halogens is 2. The molecular formula is C18H22ClFN4O2S2. The average Bonchev–Trinajstić information content (AvgIpc) is 3.38. The Morgan fingerprint density at radius 1 is 1.46 bits per heavy atom. The van der Waals surface area contributed by atoms with Crippen LogP contribution in [0, 0.1) is 5.82 Å². The van der Waals surface area contributed by atoms with Crippen molar-refractivity contribution in [2.24, 2.45) is 0 Å². The van der Waals surface area contributed by atoms with Crippen LogP contribution in [0.25, 0.3) is 0 Å². The molecule has 2 saturated heterocycles. The minimum absolute atomic E-state index is 0.0686. The summed E-state index contributed by atoms with van der Waals surface area (Å²) >= 11 is 6.97. The Morgan fingerprint density at radius 3 is 3.00 bits per heavy atom. The predicted octanol–water partition coefficient (Wildman–Crippen LogP) is 4.06. The van der Waals surface area contributed by atoms with Gasteiger partial charge in [0.1, 0.15) is 10.7 Å². The highest BCUT2D eigenvalue weighted by molar-refractivity contribution is 7.94. The molecular weight excluding hydrogens is 423 g/mol. The SMILES string of the molecule is C[C@@H]1CC[C@@]2(CNc3ccc(S(=O)(=O)N(Cl)c4nccs4)c(F)c3)CCCN12. The molecule has 10 heteroatoms. The minimum Gasteiger partial charge on any atom is -0.383 e. The first kappa shape index (κ1) is 19.9. The standard InChI is InChI=1S/C18H22ClFN4O2S2/c1-13-5-7-18(6-2-9-23(13)18)12-22-14-3-4-16(15(20)11-14)28(25,26)24(19)17-21-8-10-27-17/h3-4,8,10-11,13,22H,2,5-7,9,12H2,1H3/t13-,18-/m1/s1. The van der Waals surface area contributed by atoms with Crippen molar-refractivity contribution in [1.29, 1.82) is 0 Å². The van der Waals surface area contributed by atoms with E-state index in [4.69, 9.17) is 11.8 Å². The molecule has 4 rings (SSSR count). The summed E-state index contributed by atoms with van der Waals surface area (Å²) in [6, 6.07) is 4.62. The maximum atomic E-state index is 14.6. The van der Waals surface area contributed by atoms with Crippen LogP contribution in [0.5, 0.6) is 0 Å². The van der Waals surface area contributed by atoms with Gasteiger partial charge in [0.2, 0.25) is 5.13 Å². The molecule has 0 unspecified atom stereocenters. The van der Waals surface area contributed by atoms with Crippen LogP contribution in [-0.4, -0.2) is 43.0 Å². The van der Waals surface area contributed by atoms with Gasteiger partial charge in [0.15, 0.2) is 0 Å². The summed E-state index contributed by atoms with van der Waals surface area (Å²) < 4.78 is 40.3. The van der Waals surface area contributed by atoms with Gasteiger partial charge in [-0.2, -0.15) is 8.42 Å². The van der Waals surface area contributed by atoms with Crippen molar-refractivity contribution in [1.82, 2.24) is 9.88 Å². The summed E-state index contributed by atoms with van der Waals surface area (Å²) in [4.78, 5) is 5.94. The van der Waals surface area contributed by atoms with E-state index in [1.165, 1.54) is 31.2 Å². The van der Waals surface area contributed by atoms with E-state index in [9.17, 15) is 12.8 Å². The second kappa shape index (κ2) is 7.44. The third-order valence-electron chi connectivity index (χ3n) is 5.82. The van der Waals surface area contributed by atoms with Crippen molar-refractivity contribution in [3.8, 4) is 0 Å². The van der Waals surface area contributed by atoms with Gasteiger partial charge in [-0.15, -0.1) is 15.2 Å². The molecule has 152 valence electrons. The van der Waals surface area contributed by atoms with E-state index >= 15 is 0 Å². The second-order valence-corrected chi connectivity index (χ2v) is 10.6. The van der Waals surface area contributed by atoms with Crippen molar-refractivity contribution < 1.29 is 12.8 Å². The fourth-order valence-corrected chi connectivity index (χ4v) is 6.63. The number of thiazole rings is 1. The van der Waals surface area contributed by atoms with Gasteiger partial charge in [-0.3, -0.25) is 4.90 Å². The summed E-state index contributed by atoms with van der Waals surface area (Å²) in [6.45, 7) is 4.09. The fourth-order valence-electron chi connectivity index (χ4n) is 4.41. The number of aromatic nitrogens is 1. The molecule has 6 nitrogen and oxygen atoms in total. The van der Waals surface area contributed by atoms with E-state index in [0.717, 1.165) is 37.3 Å². The minimum atomic E-state index is -4.23. The van der Waals surface area contributed by atoms with Gasteiger partial charge in [-0.25, -0.2) is 9.37 Å². The highest BCUT2D eigenvalue weighted by Crippen LogP contribution is 2.42. The van der Waals surface area contributed by atoms with Gasteiger partial charge in [0, 0.05) is 47.2 Å². The van der Waals surface area contributed by atoms with Gasteiger partial charge in [0.25, 0.3) is 10.0 Å². The monoisotopic (exact) mass is 444 g/mol. The smallest absolute Gasteiger partial charge is 0.283 e. The van der Waals surface area contributed by atoms with Crippen LogP contribution in [0.4, 0.5) is 15.2 Å². The van der Waals surface area contributed by atoms with E-state index in [-0.39, 0.29) is 10.7 Å². The Morgan fingerprint density at radius 2 is 2.29 bits per heavy atom. The van der Waals surface area contributed by atoms with E-state index in [2.05, 4.69) is 22.1 Å². The van der Waals surface area contributed by atoms with Gasteiger partial charge < -0.3 is 5.32 Å². The Balaban J connectivity index is 1.51. The normalized spacial score (nSPS) is 25.0. The molecule has 0 saturated carbocycles. The summed E-state index contributed by atoms with van der Waals surface area (Å²) in [5.41, 5.74) is 0.686. The molecule has 0 aliphatic carbocycles. The lowest BCUT2D eigenvalue weighted by atomic mass is 9.94. The zero-order valence-electron chi connectivity index (χ0n) is 15.4. The number of anilines is 2. The van der Waals surface area contributed by atoms with Crippen LogP contribution < -0.4 is 9.14 Å². The Bertz CT molecular complexity index is 957. The molecule has 0 spiro atoms. The highest BCUT2D eigenvalue weighted by Gasteiger charge is 2.47. The third kappa shape index (κ3) is 3.38. The van der Waals surface area contributed by atoms with Crippen LogP contribution in [0.15, 0.2) is 34.7 Å². The van der Waals surface area contributed by atoms with Gasteiger partial charge in [0.05, 0.1) is 0 Å². The molecule has 1 aromatic heterocycles. The third-order valence-corrected chi connectivity index (χ3v) is 8.98. The van der Waals surface area contributed by atoms with E-state index in [1.54, 1.807) is 11.4 Å². The van der Waals surface area contributed by atoms with E-state index in [0.29, 0.717) is 15.6 Å². The number of nitrogens with one attached hydrogen (secondary N) is 1. The van der Waals surface area contributed by atoms with E-state index in [1.807, 2.05) is 0 Å². The molecule has 2 fully saturated rings. The molecule has 0 amide bonds. The molecule has 2 atom stereocenters. The number of fused-ring (bicyclic) bond motifs is 1. The van der Waals surface area contributed by atoms with Gasteiger partial charge in [-0.1, -0.05) is 0 Å². The van der Waals surface area contributed by atoms with Crippen molar-refractivity contribution in [3.63, 3.8) is 0 Å². The van der Waals surface area contributed by atoms with Crippen LogP contribution >= 0.6 is 23.1 Å². The van der Waals surface area contributed by atoms with Crippen molar-refractivity contribution in [2.75, 3.05) is 22.2 Å². The van der Waals surface area contributed by atoms with E-state index < -0.39 is 20.7 Å². The summed E-state index contributed by atoms with van der Waals surface area (Å²) in [7, 11) is -4.23. The first-order valence-electron chi connectivity index (χ1n) is 9.24. The Kier molecular flexibility index (Phi) is 5.28. The number of nitrogens with zero attached hydrogens (tertiary/aromatic N) is 3. The summed E-state index contributed by atoms with van der Waals surface area (Å²) in [6.07, 6.45) is 6.05. The maximum Gasteiger partial charge on any atom is 0.283 e.